The Balaban J connectivity index is 2.06. The van der Waals surface area contributed by atoms with Gasteiger partial charge in [0.2, 0.25) is 5.91 Å². The first-order valence-electron chi connectivity index (χ1n) is 7.80. The standard InChI is InChI=1S/C17H23N3O3S/c1-19(10-6-9-17(22)23-2)16(21)11-20-14-8-5-4-7-13(14)18-15(20)12-24-3/h4-5,7-8H,6,9-12H2,1-3H3. The highest BCUT2D eigenvalue weighted by molar-refractivity contribution is 7.97. The number of para-hydroxylation sites is 2. The third-order valence-corrected chi connectivity index (χ3v) is 4.38. The summed E-state index contributed by atoms with van der Waals surface area (Å²) in [5, 5.41) is 0. The molecule has 24 heavy (non-hydrogen) atoms. The molecular weight excluding hydrogens is 326 g/mol. The van der Waals surface area contributed by atoms with Crippen LogP contribution in [0.4, 0.5) is 0 Å². The van der Waals surface area contributed by atoms with Crippen molar-refractivity contribution < 1.29 is 14.3 Å². The maximum Gasteiger partial charge on any atom is 0.305 e. The Bertz CT molecular complexity index is 714. The molecule has 2 rings (SSSR count). The lowest BCUT2D eigenvalue weighted by molar-refractivity contribution is -0.141. The first kappa shape index (κ1) is 18.3. The molecule has 1 heterocycles. The van der Waals surface area contributed by atoms with Crippen molar-refractivity contribution in [3.05, 3.63) is 30.1 Å². The molecule has 2 aromatic rings. The summed E-state index contributed by atoms with van der Waals surface area (Å²) in [7, 11) is 3.13. The van der Waals surface area contributed by atoms with Crippen molar-refractivity contribution in [1.82, 2.24) is 14.5 Å². The van der Waals surface area contributed by atoms with E-state index in [-0.39, 0.29) is 18.4 Å². The number of thioether (sulfide) groups is 1. The third kappa shape index (κ3) is 4.50. The molecular formula is C17H23N3O3S. The highest BCUT2D eigenvalue weighted by Gasteiger charge is 2.16. The molecule has 0 atom stereocenters. The predicted molar refractivity (Wildman–Crippen MR) is 95.8 cm³/mol. The number of benzene rings is 1. The van der Waals surface area contributed by atoms with Crippen molar-refractivity contribution in [3.8, 4) is 0 Å². The number of nitrogens with zero attached hydrogens (tertiary/aromatic N) is 3. The van der Waals surface area contributed by atoms with E-state index in [4.69, 9.17) is 0 Å². The zero-order valence-electron chi connectivity index (χ0n) is 14.3. The van der Waals surface area contributed by atoms with E-state index in [1.165, 1.54) is 7.11 Å². The van der Waals surface area contributed by atoms with Crippen molar-refractivity contribution in [2.24, 2.45) is 0 Å². The van der Waals surface area contributed by atoms with Gasteiger partial charge in [0.05, 0.1) is 23.9 Å². The summed E-state index contributed by atoms with van der Waals surface area (Å²) in [6.45, 7) is 0.781. The number of rotatable bonds is 8. The van der Waals surface area contributed by atoms with Gasteiger partial charge >= 0.3 is 5.97 Å². The number of carbonyl (C=O) groups is 2. The number of aromatic nitrogens is 2. The number of ether oxygens (including phenoxy) is 1. The summed E-state index contributed by atoms with van der Waals surface area (Å²) >= 11 is 1.68. The Hall–Kier alpha value is -2.02. The number of esters is 1. The fourth-order valence-electron chi connectivity index (χ4n) is 2.48. The van der Waals surface area contributed by atoms with E-state index < -0.39 is 0 Å². The molecule has 0 saturated heterocycles. The van der Waals surface area contributed by atoms with E-state index >= 15 is 0 Å². The zero-order chi connectivity index (χ0) is 17.5. The Morgan fingerprint density at radius 2 is 2.08 bits per heavy atom. The molecule has 0 saturated carbocycles. The van der Waals surface area contributed by atoms with Gasteiger partial charge in [-0.2, -0.15) is 11.8 Å². The second kappa shape index (κ2) is 8.73. The minimum atomic E-state index is -0.251. The van der Waals surface area contributed by atoms with Crippen LogP contribution in [-0.2, 0) is 26.6 Å². The van der Waals surface area contributed by atoms with Crippen molar-refractivity contribution >= 4 is 34.7 Å². The van der Waals surface area contributed by atoms with E-state index in [1.807, 2.05) is 35.1 Å². The van der Waals surface area contributed by atoms with Gasteiger partial charge in [-0.15, -0.1) is 0 Å². The van der Waals surface area contributed by atoms with Gasteiger partial charge in [0.25, 0.3) is 0 Å². The predicted octanol–water partition coefficient (Wildman–Crippen LogP) is 2.31. The smallest absolute Gasteiger partial charge is 0.305 e. The Labute approximate surface area is 146 Å². The van der Waals surface area contributed by atoms with Crippen LogP contribution in [0.3, 0.4) is 0 Å². The molecule has 1 amide bonds. The lowest BCUT2D eigenvalue weighted by Gasteiger charge is -2.18. The molecule has 0 N–H and O–H groups in total. The molecule has 6 nitrogen and oxygen atoms in total. The van der Waals surface area contributed by atoms with Crippen LogP contribution in [-0.4, -0.2) is 53.3 Å². The second-order valence-electron chi connectivity index (χ2n) is 5.53. The van der Waals surface area contributed by atoms with E-state index in [2.05, 4.69) is 9.72 Å². The molecule has 0 radical (unpaired) electrons. The number of amides is 1. The average molecular weight is 349 g/mol. The number of imidazole rings is 1. The summed E-state index contributed by atoms with van der Waals surface area (Å²) in [4.78, 5) is 29.9. The Kier molecular flexibility index (Phi) is 6.66. The topological polar surface area (TPSA) is 64.4 Å². The number of hydrogen-bond donors (Lipinski definition) is 0. The SMILES string of the molecule is COC(=O)CCCN(C)C(=O)Cn1c(CSC)nc2ccccc21. The molecule has 0 fully saturated rings. The fraction of sp³-hybridized carbons (Fsp3) is 0.471. The van der Waals surface area contributed by atoms with E-state index in [0.29, 0.717) is 19.4 Å². The van der Waals surface area contributed by atoms with Crippen LogP contribution in [0.2, 0.25) is 0 Å². The minimum Gasteiger partial charge on any atom is -0.469 e. The molecule has 0 unspecified atom stereocenters. The fourth-order valence-corrected chi connectivity index (χ4v) is 2.96. The summed E-state index contributed by atoms with van der Waals surface area (Å²) in [6, 6.07) is 7.84. The van der Waals surface area contributed by atoms with Crippen LogP contribution in [0.15, 0.2) is 24.3 Å². The van der Waals surface area contributed by atoms with Gasteiger partial charge in [-0.1, -0.05) is 12.1 Å². The Morgan fingerprint density at radius 1 is 1.33 bits per heavy atom. The Morgan fingerprint density at radius 3 is 2.79 bits per heavy atom. The number of fused-ring (bicyclic) bond motifs is 1. The van der Waals surface area contributed by atoms with Gasteiger partial charge in [-0.25, -0.2) is 4.98 Å². The van der Waals surface area contributed by atoms with Crippen LogP contribution in [0.1, 0.15) is 18.7 Å². The lowest BCUT2D eigenvalue weighted by atomic mass is 10.3. The van der Waals surface area contributed by atoms with Crippen LogP contribution in [0.25, 0.3) is 11.0 Å². The molecule has 1 aromatic heterocycles. The van der Waals surface area contributed by atoms with Gasteiger partial charge < -0.3 is 14.2 Å². The normalized spacial score (nSPS) is 10.8. The number of carbonyl (C=O) groups excluding carboxylic acids is 2. The zero-order valence-corrected chi connectivity index (χ0v) is 15.1. The average Bonchev–Trinajstić information content (AvgIpc) is 2.92. The number of likely N-dealkylation sites (N-methyl/N-ethyl adjacent to an activating group) is 1. The van der Waals surface area contributed by atoms with Gasteiger partial charge in [0, 0.05) is 20.0 Å². The summed E-state index contributed by atoms with van der Waals surface area (Å²) in [5.41, 5.74) is 1.88. The monoisotopic (exact) mass is 349 g/mol. The van der Waals surface area contributed by atoms with Crippen LogP contribution >= 0.6 is 11.8 Å². The maximum atomic E-state index is 12.5. The number of hydrogen-bond acceptors (Lipinski definition) is 5. The largest absolute Gasteiger partial charge is 0.469 e. The number of methoxy groups -OCH3 is 1. The van der Waals surface area contributed by atoms with Crippen molar-refractivity contribution in [1.29, 1.82) is 0 Å². The lowest BCUT2D eigenvalue weighted by Crippen LogP contribution is -2.31. The summed E-state index contributed by atoms with van der Waals surface area (Å²) < 4.78 is 6.59. The second-order valence-corrected chi connectivity index (χ2v) is 6.40. The molecule has 0 aliphatic rings. The van der Waals surface area contributed by atoms with Crippen molar-refractivity contribution in [2.45, 2.75) is 25.1 Å². The van der Waals surface area contributed by atoms with Gasteiger partial charge in [-0.3, -0.25) is 9.59 Å². The minimum absolute atomic E-state index is 0.00497. The van der Waals surface area contributed by atoms with E-state index in [0.717, 1.165) is 22.6 Å². The molecule has 1 aromatic carbocycles. The van der Waals surface area contributed by atoms with Crippen LogP contribution in [0.5, 0.6) is 0 Å². The van der Waals surface area contributed by atoms with Crippen LogP contribution < -0.4 is 0 Å². The van der Waals surface area contributed by atoms with Crippen LogP contribution in [0, 0.1) is 0 Å². The van der Waals surface area contributed by atoms with Crippen molar-refractivity contribution in [2.75, 3.05) is 27.0 Å². The molecule has 0 aliphatic carbocycles. The summed E-state index contributed by atoms with van der Waals surface area (Å²) in [5.74, 6) is 1.41. The van der Waals surface area contributed by atoms with E-state index in [9.17, 15) is 9.59 Å². The maximum absolute atomic E-state index is 12.5. The molecule has 0 aliphatic heterocycles. The van der Waals surface area contributed by atoms with Crippen molar-refractivity contribution in [3.63, 3.8) is 0 Å². The van der Waals surface area contributed by atoms with Gasteiger partial charge in [-0.05, 0) is 24.8 Å². The highest BCUT2D eigenvalue weighted by atomic mass is 32.2. The highest BCUT2D eigenvalue weighted by Crippen LogP contribution is 2.19. The van der Waals surface area contributed by atoms with Gasteiger partial charge in [0.15, 0.2) is 0 Å². The molecule has 7 heteroatoms. The van der Waals surface area contributed by atoms with E-state index in [1.54, 1.807) is 23.7 Å². The third-order valence-electron chi connectivity index (χ3n) is 3.83. The quantitative estimate of drug-likeness (QED) is 0.684. The molecule has 0 bridgehead atoms. The first-order valence-corrected chi connectivity index (χ1v) is 9.20. The van der Waals surface area contributed by atoms with Gasteiger partial charge in [0.1, 0.15) is 12.4 Å². The molecule has 130 valence electrons. The summed E-state index contributed by atoms with van der Waals surface area (Å²) in [6.07, 6.45) is 2.93. The first-order chi connectivity index (χ1) is 11.6. The molecule has 0 spiro atoms.